The summed E-state index contributed by atoms with van der Waals surface area (Å²) in [7, 11) is 0. The van der Waals surface area contributed by atoms with Crippen LogP contribution in [0.4, 0.5) is 0 Å². The molecule has 15 heavy (non-hydrogen) atoms. The quantitative estimate of drug-likeness (QED) is 0.523. The van der Waals surface area contributed by atoms with Gasteiger partial charge in [0.05, 0.1) is 0 Å². The summed E-state index contributed by atoms with van der Waals surface area (Å²) < 4.78 is 1.53. The molecule has 1 aromatic carbocycles. The molecule has 0 N–H and O–H groups in total. The first-order valence-electron chi connectivity index (χ1n) is 4.85. The van der Waals surface area contributed by atoms with Crippen LogP contribution >= 0.6 is 0 Å². The molecule has 3 heteroatoms. The summed E-state index contributed by atoms with van der Waals surface area (Å²) >= 11 is 2.25. The molecular weight excluding hydrogens is 263 g/mol. The van der Waals surface area contributed by atoms with Crippen molar-refractivity contribution in [1.29, 1.82) is 0 Å². The molecule has 1 aromatic rings. The van der Waals surface area contributed by atoms with Gasteiger partial charge < -0.3 is 24.8 Å². The molecule has 0 spiro atoms. The predicted molar refractivity (Wildman–Crippen MR) is 52.1 cm³/mol. The summed E-state index contributed by atoms with van der Waals surface area (Å²) in [6.07, 6.45) is 4.89. The van der Waals surface area contributed by atoms with Crippen LogP contribution < -0.4 is 24.8 Å². The third kappa shape index (κ3) is 3.11. The fraction of sp³-hybridized carbons (Fsp3) is 0.333. The Kier molecular flexibility index (Phi) is 6.87. The van der Waals surface area contributed by atoms with Gasteiger partial charge in [0.1, 0.15) is 0 Å². The van der Waals surface area contributed by atoms with Gasteiger partial charge in [0.25, 0.3) is 0 Å². The van der Waals surface area contributed by atoms with E-state index in [0.717, 1.165) is 0 Å². The molecule has 0 fully saturated rings. The molecule has 1 aliphatic rings. The van der Waals surface area contributed by atoms with Crippen molar-refractivity contribution in [3.63, 3.8) is 0 Å². The van der Waals surface area contributed by atoms with Gasteiger partial charge in [-0.25, -0.2) is 0 Å². The van der Waals surface area contributed by atoms with Crippen LogP contribution in [0.2, 0.25) is 0 Å². The summed E-state index contributed by atoms with van der Waals surface area (Å²) in [5.41, 5.74) is 2.96. The summed E-state index contributed by atoms with van der Waals surface area (Å²) in [5, 5.41) is 0. The monoisotopic (exact) mass is 275 g/mol. The first-order chi connectivity index (χ1) is 6.33. The molecule has 0 saturated carbocycles. The van der Waals surface area contributed by atoms with Gasteiger partial charge in [-0.3, -0.25) is 0 Å². The Balaban J connectivity index is 0.000000980. The van der Waals surface area contributed by atoms with Crippen LogP contribution in [-0.2, 0) is 20.4 Å². The maximum Gasteiger partial charge on any atom is -1.00 e. The zero-order valence-electron chi connectivity index (χ0n) is 8.63. The van der Waals surface area contributed by atoms with Gasteiger partial charge >= 0.3 is 91.5 Å². The van der Waals surface area contributed by atoms with Crippen molar-refractivity contribution in [2.24, 2.45) is 0 Å². The zero-order valence-corrected chi connectivity index (χ0v) is 11.7. The van der Waals surface area contributed by atoms with E-state index < -0.39 is 0 Å². The second-order valence-electron chi connectivity index (χ2n) is 3.57. The molecule has 0 nitrogen and oxygen atoms in total. The third-order valence-electron chi connectivity index (χ3n) is 2.64. The minimum atomic E-state index is 0. The number of hydrogen-bond donors (Lipinski definition) is 0. The molecule has 79 valence electrons. The molecule has 0 aliphatic heterocycles. The average Bonchev–Trinajstić information content (AvgIpc) is 2.44. The van der Waals surface area contributed by atoms with E-state index in [0.29, 0.717) is 5.92 Å². The Hall–Kier alpha value is 0.254. The van der Waals surface area contributed by atoms with E-state index in [1.807, 2.05) is 0 Å². The van der Waals surface area contributed by atoms with Gasteiger partial charge in [-0.15, -0.1) is 0 Å². The Labute approximate surface area is 116 Å². The van der Waals surface area contributed by atoms with Crippen LogP contribution in [-0.4, -0.2) is 0 Å². The van der Waals surface area contributed by atoms with Gasteiger partial charge in [0.2, 0.25) is 0 Å². The summed E-state index contributed by atoms with van der Waals surface area (Å²) in [4.78, 5) is 0. The van der Waals surface area contributed by atoms with Crippen molar-refractivity contribution in [2.75, 3.05) is 0 Å². The molecule has 2 rings (SSSR count). The van der Waals surface area contributed by atoms with E-state index in [1.54, 1.807) is 0 Å². The molecular formula is C12H13Cl2Ti. The topological polar surface area (TPSA) is 0 Å². The van der Waals surface area contributed by atoms with Gasteiger partial charge in [-0.1, -0.05) is 0 Å². The molecule has 0 amide bonds. The summed E-state index contributed by atoms with van der Waals surface area (Å²) in [6.45, 7) is 2.26. The Morgan fingerprint density at radius 2 is 1.87 bits per heavy atom. The molecule has 0 bridgehead atoms. The minimum Gasteiger partial charge on any atom is -1.00 e. The first kappa shape index (κ1) is 15.3. The summed E-state index contributed by atoms with van der Waals surface area (Å²) in [5.74, 6) is 0.696. The van der Waals surface area contributed by atoms with Crippen LogP contribution in [0, 0.1) is 0 Å². The standard InChI is InChI=1S/C12H13.2ClH.Ti/c1-2-5-10-8-9-11-6-3-4-7-12(10)11;;;/h3-4,6-7,9-10H,2,5H2,1H3;2*1H;/q;;;+2/p-2. The molecule has 0 saturated heterocycles. The largest absolute Gasteiger partial charge is 1.00 e. The van der Waals surface area contributed by atoms with Crippen LogP contribution in [0.15, 0.2) is 28.1 Å². The molecule has 1 atom stereocenters. The van der Waals surface area contributed by atoms with Crippen molar-refractivity contribution < 1.29 is 45.2 Å². The normalized spacial score (nSPS) is 17.3. The van der Waals surface area contributed by atoms with E-state index in [-0.39, 0.29) is 24.8 Å². The van der Waals surface area contributed by atoms with Gasteiger partial charge in [-0.05, 0) is 0 Å². The fourth-order valence-corrected chi connectivity index (χ4v) is 2.71. The number of hydrogen-bond acceptors (Lipinski definition) is 0. The van der Waals surface area contributed by atoms with E-state index in [2.05, 4.69) is 57.7 Å². The van der Waals surface area contributed by atoms with Crippen molar-refractivity contribution in [3.05, 3.63) is 39.3 Å². The molecule has 0 aromatic heterocycles. The molecule has 1 unspecified atom stereocenters. The smallest absolute Gasteiger partial charge is 1.00 e. The molecule has 1 aliphatic carbocycles. The third-order valence-corrected chi connectivity index (χ3v) is 3.40. The zero-order chi connectivity index (χ0) is 9.26. The van der Waals surface area contributed by atoms with E-state index in [4.69, 9.17) is 0 Å². The van der Waals surface area contributed by atoms with Crippen LogP contribution in [0.25, 0.3) is 6.08 Å². The van der Waals surface area contributed by atoms with E-state index in [9.17, 15) is 0 Å². The van der Waals surface area contributed by atoms with Gasteiger partial charge in [-0.2, -0.15) is 0 Å². The maximum atomic E-state index is 2.33. The SMILES string of the molecule is CCCC1[C]([Ti+2])=Cc2ccccc21.[Cl-].[Cl-]. The number of rotatable bonds is 2. The second kappa shape index (κ2) is 6.75. The van der Waals surface area contributed by atoms with Gasteiger partial charge in [0.15, 0.2) is 0 Å². The van der Waals surface area contributed by atoms with Crippen molar-refractivity contribution in [3.8, 4) is 0 Å². The van der Waals surface area contributed by atoms with Crippen molar-refractivity contribution >= 4 is 6.08 Å². The Morgan fingerprint density at radius 3 is 2.53 bits per heavy atom. The van der Waals surface area contributed by atoms with Crippen LogP contribution in [0.1, 0.15) is 36.8 Å². The number of benzene rings is 1. The molecule has 0 radical (unpaired) electrons. The van der Waals surface area contributed by atoms with Crippen LogP contribution in [0.5, 0.6) is 0 Å². The Morgan fingerprint density at radius 1 is 1.20 bits per heavy atom. The Bertz CT molecular complexity index is 347. The second-order valence-corrected chi connectivity index (χ2v) is 4.47. The van der Waals surface area contributed by atoms with Crippen LogP contribution in [0.3, 0.4) is 0 Å². The predicted octanol–water partition coefficient (Wildman–Crippen LogP) is -2.52. The summed E-state index contributed by atoms with van der Waals surface area (Å²) in [6, 6.07) is 8.75. The average molecular weight is 276 g/mol. The van der Waals surface area contributed by atoms with Crippen molar-refractivity contribution in [1.82, 2.24) is 0 Å². The first-order valence-corrected chi connectivity index (χ1v) is 5.63. The van der Waals surface area contributed by atoms with Crippen molar-refractivity contribution in [2.45, 2.75) is 25.7 Å². The van der Waals surface area contributed by atoms with Gasteiger partial charge in [0, 0.05) is 0 Å². The molecule has 0 heterocycles. The number of allylic oxidation sites excluding steroid dienone is 1. The number of fused-ring (bicyclic) bond motifs is 1. The fourth-order valence-electron chi connectivity index (χ4n) is 2.00. The van der Waals surface area contributed by atoms with E-state index in [1.165, 1.54) is 27.8 Å². The van der Waals surface area contributed by atoms with E-state index >= 15 is 0 Å². The maximum absolute atomic E-state index is 2.33. The minimum absolute atomic E-state index is 0. The number of halogens is 2.